The van der Waals surface area contributed by atoms with Crippen molar-refractivity contribution in [3.05, 3.63) is 64.5 Å². The Morgan fingerprint density at radius 1 is 1.09 bits per heavy atom. The highest BCUT2D eigenvalue weighted by molar-refractivity contribution is 7.92. The summed E-state index contributed by atoms with van der Waals surface area (Å²) in [5.41, 5.74) is 2.77. The minimum atomic E-state index is -3.97. The third-order valence-corrected chi connectivity index (χ3v) is 8.07. The monoisotopic (exact) mass is 472 g/mol. The summed E-state index contributed by atoms with van der Waals surface area (Å²) >= 11 is 1.37. The van der Waals surface area contributed by atoms with Crippen molar-refractivity contribution >= 4 is 33.1 Å². The smallest absolute Gasteiger partial charge is 0.336 e. The van der Waals surface area contributed by atoms with Crippen molar-refractivity contribution in [2.45, 2.75) is 51.3 Å². The van der Waals surface area contributed by atoms with Gasteiger partial charge < -0.3 is 5.11 Å². The fourth-order valence-corrected chi connectivity index (χ4v) is 5.75. The van der Waals surface area contributed by atoms with Crippen LogP contribution >= 0.6 is 11.3 Å². The summed E-state index contributed by atoms with van der Waals surface area (Å²) in [4.78, 5) is 16.1. The van der Waals surface area contributed by atoms with Crippen LogP contribution in [0, 0.1) is 0 Å². The Morgan fingerprint density at radius 2 is 1.75 bits per heavy atom. The third-order valence-electron chi connectivity index (χ3n) is 5.31. The van der Waals surface area contributed by atoms with Crippen LogP contribution in [-0.4, -0.2) is 31.0 Å². The molecule has 6 nitrogen and oxygen atoms in total. The highest BCUT2D eigenvalue weighted by Gasteiger charge is 2.27. The Kier molecular flexibility index (Phi) is 6.76. The molecule has 0 spiro atoms. The number of sulfonamides is 1. The van der Waals surface area contributed by atoms with E-state index in [0.717, 1.165) is 10.6 Å². The number of benzene rings is 2. The number of carboxylic acids is 1. The van der Waals surface area contributed by atoms with Crippen molar-refractivity contribution in [2.24, 2.45) is 0 Å². The molecule has 0 saturated heterocycles. The number of carbonyl (C=O) groups is 1. The van der Waals surface area contributed by atoms with E-state index in [1.54, 1.807) is 18.4 Å². The first kappa shape index (κ1) is 23.9. The van der Waals surface area contributed by atoms with E-state index in [-0.39, 0.29) is 22.4 Å². The molecule has 1 N–H and O–H groups in total. The fraction of sp³-hybridized carbons (Fsp3) is 0.333. The molecule has 0 bridgehead atoms. The quantitative estimate of drug-likeness (QED) is 0.485. The van der Waals surface area contributed by atoms with Crippen molar-refractivity contribution in [3.63, 3.8) is 0 Å². The summed E-state index contributed by atoms with van der Waals surface area (Å²) < 4.78 is 27.9. The standard InChI is InChI=1S/C24H28N2O4S2/c1-6-16-10-13-19(14-20(16)23(27)28)32(29,30)26(7-2)21-15-31-22(25-21)17-8-11-18(12-9-17)24(3,4)5/h8-15H,6-7H2,1-5H3,(H,27,28). The van der Waals surface area contributed by atoms with Crippen LogP contribution in [0.5, 0.6) is 0 Å². The number of thiazole rings is 1. The van der Waals surface area contributed by atoms with Gasteiger partial charge >= 0.3 is 5.97 Å². The Balaban J connectivity index is 1.96. The van der Waals surface area contributed by atoms with Crippen LogP contribution in [-0.2, 0) is 21.9 Å². The maximum Gasteiger partial charge on any atom is 0.336 e. The fourth-order valence-electron chi connectivity index (χ4n) is 3.43. The zero-order chi connectivity index (χ0) is 23.7. The van der Waals surface area contributed by atoms with Crippen molar-refractivity contribution in [3.8, 4) is 10.6 Å². The van der Waals surface area contributed by atoms with Gasteiger partial charge in [0.15, 0.2) is 5.82 Å². The summed E-state index contributed by atoms with van der Waals surface area (Å²) in [5.74, 6) is -0.819. The zero-order valence-electron chi connectivity index (χ0n) is 18.9. The molecule has 0 aliphatic heterocycles. The maximum atomic E-state index is 13.3. The summed E-state index contributed by atoms with van der Waals surface area (Å²) in [7, 11) is -3.97. The van der Waals surface area contributed by atoms with Crippen LogP contribution in [0.15, 0.2) is 52.7 Å². The molecule has 170 valence electrons. The first-order valence-corrected chi connectivity index (χ1v) is 12.8. The Hall–Kier alpha value is -2.71. The van der Waals surface area contributed by atoms with Gasteiger partial charge in [0.2, 0.25) is 0 Å². The second-order valence-electron chi connectivity index (χ2n) is 8.49. The van der Waals surface area contributed by atoms with Gasteiger partial charge in [-0.1, -0.05) is 58.0 Å². The first-order valence-electron chi connectivity index (χ1n) is 10.4. The number of aromatic nitrogens is 1. The summed E-state index contributed by atoms with van der Waals surface area (Å²) in [6, 6.07) is 12.4. The van der Waals surface area contributed by atoms with E-state index in [1.165, 1.54) is 33.3 Å². The normalized spacial score (nSPS) is 12.0. The number of hydrogen-bond donors (Lipinski definition) is 1. The van der Waals surface area contributed by atoms with Crippen LogP contribution < -0.4 is 4.31 Å². The highest BCUT2D eigenvalue weighted by atomic mass is 32.2. The highest BCUT2D eigenvalue weighted by Crippen LogP contribution is 2.32. The molecule has 1 heterocycles. The molecule has 3 aromatic rings. The lowest BCUT2D eigenvalue weighted by Crippen LogP contribution is -2.31. The number of carboxylic acid groups (broad SMARTS) is 1. The van der Waals surface area contributed by atoms with Crippen LogP contribution in [0.25, 0.3) is 10.6 Å². The van der Waals surface area contributed by atoms with Gasteiger partial charge in [-0.3, -0.25) is 0 Å². The van der Waals surface area contributed by atoms with E-state index < -0.39 is 16.0 Å². The minimum Gasteiger partial charge on any atom is -0.478 e. The summed E-state index contributed by atoms with van der Waals surface area (Å²) in [6.45, 7) is 10.2. The Bertz CT molecular complexity index is 1220. The molecule has 1 aromatic heterocycles. The predicted octanol–water partition coefficient (Wildman–Crippen LogP) is 5.58. The van der Waals surface area contributed by atoms with Crippen molar-refractivity contribution in [2.75, 3.05) is 10.8 Å². The van der Waals surface area contributed by atoms with Crippen LogP contribution in [0.4, 0.5) is 5.82 Å². The van der Waals surface area contributed by atoms with E-state index in [4.69, 9.17) is 0 Å². The molecule has 32 heavy (non-hydrogen) atoms. The lowest BCUT2D eigenvalue weighted by atomic mass is 9.87. The van der Waals surface area contributed by atoms with E-state index in [1.807, 2.05) is 19.1 Å². The predicted molar refractivity (Wildman–Crippen MR) is 129 cm³/mol. The van der Waals surface area contributed by atoms with Crippen molar-refractivity contribution in [1.29, 1.82) is 0 Å². The number of anilines is 1. The molecule has 8 heteroatoms. The van der Waals surface area contributed by atoms with Gasteiger partial charge in [-0.25, -0.2) is 22.5 Å². The molecule has 0 aliphatic carbocycles. The van der Waals surface area contributed by atoms with E-state index in [9.17, 15) is 18.3 Å². The lowest BCUT2D eigenvalue weighted by Gasteiger charge is -2.21. The largest absolute Gasteiger partial charge is 0.478 e. The van der Waals surface area contributed by atoms with E-state index in [2.05, 4.69) is 37.9 Å². The van der Waals surface area contributed by atoms with Gasteiger partial charge in [0, 0.05) is 17.5 Å². The molecule has 0 saturated carbocycles. The molecule has 0 fully saturated rings. The average molecular weight is 473 g/mol. The van der Waals surface area contributed by atoms with Gasteiger partial charge in [-0.05, 0) is 42.0 Å². The molecule has 3 rings (SSSR count). The van der Waals surface area contributed by atoms with E-state index >= 15 is 0 Å². The number of hydrogen-bond acceptors (Lipinski definition) is 5. The van der Waals surface area contributed by atoms with Gasteiger partial charge in [-0.2, -0.15) is 0 Å². The lowest BCUT2D eigenvalue weighted by molar-refractivity contribution is 0.0695. The number of nitrogens with zero attached hydrogens (tertiary/aromatic N) is 2. The first-order chi connectivity index (χ1) is 15.0. The second kappa shape index (κ2) is 9.03. The molecule has 0 radical (unpaired) electrons. The van der Waals surface area contributed by atoms with Crippen molar-refractivity contribution in [1.82, 2.24) is 4.98 Å². The molecule has 0 amide bonds. The second-order valence-corrected chi connectivity index (χ2v) is 11.2. The van der Waals surface area contributed by atoms with Gasteiger partial charge in [0.05, 0.1) is 10.5 Å². The SMILES string of the molecule is CCc1ccc(S(=O)(=O)N(CC)c2csc(-c3ccc(C(C)(C)C)cc3)n2)cc1C(=O)O. The average Bonchev–Trinajstić information content (AvgIpc) is 3.22. The third kappa shape index (κ3) is 4.71. The number of aryl methyl sites for hydroxylation is 1. The Morgan fingerprint density at radius 3 is 2.28 bits per heavy atom. The van der Waals surface area contributed by atoms with Gasteiger partial charge in [0.1, 0.15) is 5.01 Å². The number of aromatic carboxylic acids is 1. The molecule has 0 unspecified atom stereocenters. The molecule has 2 aromatic carbocycles. The van der Waals surface area contributed by atoms with Gasteiger partial charge in [-0.15, -0.1) is 11.3 Å². The zero-order valence-corrected chi connectivity index (χ0v) is 20.5. The van der Waals surface area contributed by atoms with Crippen LogP contribution in [0.2, 0.25) is 0 Å². The molecule has 0 aliphatic rings. The van der Waals surface area contributed by atoms with Crippen LogP contribution in [0.3, 0.4) is 0 Å². The number of rotatable bonds is 7. The Labute approximate surface area is 193 Å². The molecular weight excluding hydrogens is 444 g/mol. The molecule has 0 atom stereocenters. The maximum absolute atomic E-state index is 13.3. The topological polar surface area (TPSA) is 87.6 Å². The van der Waals surface area contributed by atoms with E-state index in [0.29, 0.717) is 17.8 Å². The minimum absolute atomic E-state index is 0.00235. The summed E-state index contributed by atoms with van der Waals surface area (Å²) in [5, 5.41) is 11.9. The molecular formula is C24H28N2O4S2. The van der Waals surface area contributed by atoms with Crippen LogP contribution in [0.1, 0.15) is 56.1 Å². The van der Waals surface area contributed by atoms with Gasteiger partial charge in [0.25, 0.3) is 10.0 Å². The summed E-state index contributed by atoms with van der Waals surface area (Å²) in [6.07, 6.45) is 0.503. The van der Waals surface area contributed by atoms with Crippen molar-refractivity contribution < 1.29 is 18.3 Å².